The van der Waals surface area contributed by atoms with Gasteiger partial charge in [0, 0.05) is 0 Å². The van der Waals surface area contributed by atoms with Crippen molar-refractivity contribution in [3.05, 3.63) is 12.7 Å². The van der Waals surface area contributed by atoms with Gasteiger partial charge in [0.2, 0.25) is 0 Å². The molecule has 0 aromatic rings. The quantitative estimate of drug-likeness (QED) is 0.570. The lowest BCUT2D eigenvalue weighted by atomic mass is 9.76. The average molecular weight is 178 g/mol. The summed E-state index contributed by atoms with van der Waals surface area (Å²) in [7, 11) is 0. The second-order valence-corrected chi connectivity index (χ2v) is 4.94. The van der Waals surface area contributed by atoms with E-state index in [1.807, 2.05) is 0 Å². The van der Waals surface area contributed by atoms with Crippen LogP contribution in [0.25, 0.3) is 0 Å². The minimum Gasteiger partial charge on any atom is -0.103 e. The van der Waals surface area contributed by atoms with Gasteiger partial charge in [-0.3, -0.25) is 0 Å². The van der Waals surface area contributed by atoms with Crippen LogP contribution < -0.4 is 0 Å². The molecule has 0 N–H and O–H groups in total. The van der Waals surface area contributed by atoms with E-state index in [2.05, 4.69) is 19.6 Å². The number of fused-ring (bicyclic) bond motifs is 2. The highest BCUT2D eigenvalue weighted by molar-refractivity contribution is 4.96. The second kappa shape index (κ2) is 3.86. The van der Waals surface area contributed by atoms with E-state index < -0.39 is 0 Å². The summed E-state index contributed by atoms with van der Waals surface area (Å²) in [5, 5.41) is 0. The highest BCUT2D eigenvalue weighted by Gasteiger charge is 2.45. The van der Waals surface area contributed by atoms with Gasteiger partial charge in [-0.25, -0.2) is 0 Å². The SMILES string of the molecule is C=CCC[C@@H]1[C@H]2CC[C@H](C2)[C@@H]1CC. The molecule has 0 aliphatic heterocycles. The van der Waals surface area contributed by atoms with Crippen LogP contribution in [0.1, 0.15) is 45.4 Å². The zero-order chi connectivity index (χ0) is 9.26. The molecule has 0 radical (unpaired) electrons. The Morgan fingerprint density at radius 1 is 1.23 bits per heavy atom. The fourth-order valence-electron chi connectivity index (χ4n) is 3.93. The van der Waals surface area contributed by atoms with Crippen LogP contribution in [-0.4, -0.2) is 0 Å². The van der Waals surface area contributed by atoms with Gasteiger partial charge in [0.25, 0.3) is 0 Å². The summed E-state index contributed by atoms with van der Waals surface area (Å²) >= 11 is 0. The molecule has 13 heavy (non-hydrogen) atoms. The normalized spacial score (nSPS) is 42.5. The fourth-order valence-corrected chi connectivity index (χ4v) is 3.93. The Balaban J connectivity index is 1.96. The molecule has 0 aromatic carbocycles. The van der Waals surface area contributed by atoms with E-state index in [-0.39, 0.29) is 0 Å². The van der Waals surface area contributed by atoms with Gasteiger partial charge in [-0.05, 0) is 55.8 Å². The van der Waals surface area contributed by atoms with Gasteiger partial charge in [0.1, 0.15) is 0 Å². The first-order chi connectivity index (χ1) is 6.36. The van der Waals surface area contributed by atoms with Gasteiger partial charge < -0.3 is 0 Å². The van der Waals surface area contributed by atoms with Crippen LogP contribution >= 0.6 is 0 Å². The molecule has 2 rings (SSSR count). The van der Waals surface area contributed by atoms with Crippen LogP contribution in [0, 0.1) is 23.7 Å². The highest BCUT2D eigenvalue weighted by Crippen LogP contribution is 2.54. The maximum atomic E-state index is 3.83. The first-order valence-corrected chi connectivity index (χ1v) is 5.97. The van der Waals surface area contributed by atoms with Crippen molar-refractivity contribution in [1.82, 2.24) is 0 Å². The summed E-state index contributed by atoms with van der Waals surface area (Å²) in [6, 6.07) is 0. The molecule has 2 aliphatic carbocycles. The van der Waals surface area contributed by atoms with E-state index in [1.54, 1.807) is 6.42 Å². The van der Waals surface area contributed by atoms with Crippen LogP contribution in [0.4, 0.5) is 0 Å². The number of hydrogen-bond acceptors (Lipinski definition) is 0. The number of rotatable bonds is 4. The van der Waals surface area contributed by atoms with E-state index in [9.17, 15) is 0 Å². The topological polar surface area (TPSA) is 0 Å². The van der Waals surface area contributed by atoms with Crippen LogP contribution in [-0.2, 0) is 0 Å². The van der Waals surface area contributed by atoms with Crippen LogP contribution in [0.2, 0.25) is 0 Å². The molecule has 0 amide bonds. The van der Waals surface area contributed by atoms with Crippen molar-refractivity contribution in [1.29, 1.82) is 0 Å². The standard InChI is InChI=1S/C13H22/c1-3-5-6-13-11-8-7-10(9-11)12(13)4-2/h3,10-13H,1,4-9H2,2H3/t10-,11+,12+,13-/m1/s1. The molecule has 4 atom stereocenters. The van der Waals surface area contributed by atoms with Crippen molar-refractivity contribution in [2.45, 2.75) is 45.4 Å². The van der Waals surface area contributed by atoms with E-state index in [4.69, 9.17) is 0 Å². The highest BCUT2D eigenvalue weighted by atomic mass is 14.5. The largest absolute Gasteiger partial charge is 0.103 e. The van der Waals surface area contributed by atoms with E-state index >= 15 is 0 Å². The number of hydrogen-bond donors (Lipinski definition) is 0. The molecule has 0 saturated heterocycles. The molecule has 2 fully saturated rings. The Morgan fingerprint density at radius 3 is 2.54 bits per heavy atom. The molecule has 74 valence electrons. The Labute approximate surface area is 82.4 Å². The van der Waals surface area contributed by atoms with Gasteiger partial charge in [0.15, 0.2) is 0 Å². The lowest BCUT2D eigenvalue weighted by Crippen LogP contribution is -2.21. The lowest BCUT2D eigenvalue weighted by Gasteiger charge is -2.30. The Bertz CT molecular complexity index is 182. The zero-order valence-corrected chi connectivity index (χ0v) is 8.84. The zero-order valence-electron chi connectivity index (χ0n) is 8.84. The molecule has 2 aliphatic rings. The summed E-state index contributed by atoms with van der Waals surface area (Å²) in [5.41, 5.74) is 0. The summed E-state index contributed by atoms with van der Waals surface area (Å²) in [4.78, 5) is 0. The predicted octanol–water partition coefficient (Wildman–Crippen LogP) is 4.02. The average Bonchev–Trinajstić information content (AvgIpc) is 2.73. The van der Waals surface area contributed by atoms with E-state index in [0.717, 1.165) is 23.7 Å². The summed E-state index contributed by atoms with van der Waals surface area (Å²) in [5.74, 6) is 4.32. The number of allylic oxidation sites excluding steroid dienone is 1. The predicted molar refractivity (Wildman–Crippen MR) is 57.5 cm³/mol. The lowest BCUT2D eigenvalue weighted by molar-refractivity contribution is 0.204. The minimum atomic E-state index is 1.06. The van der Waals surface area contributed by atoms with Gasteiger partial charge in [0.05, 0.1) is 0 Å². The first kappa shape index (κ1) is 9.30. The van der Waals surface area contributed by atoms with Gasteiger partial charge in [-0.15, -0.1) is 6.58 Å². The maximum Gasteiger partial charge on any atom is -0.0351 e. The third kappa shape index (κ3) is 1.56. The van der Waals surface area contributed by atoms with Crippen LogP contribution in [0.15, 0.2) is 12.7 Å². The van der Waals surface area contributed by atoms with E-state index in [0.29, 0.717) is 0 Å². The smallest absolute Gasteiger partial charge is 0.0351 e. The summed E-state index contributed by atoms with van der Waals surface area (Å²) in [6.45, 7) is 6.22. The van der Waals surface area contributed by atoms with Crippen LogP contribution in [0.5, 0.6) is 0 Å². The third-order valence-electron chi connectivity index (χ3n) is 4.45. The van der Waals surface area contributed by atoms with Crippen molar-refractivity contribution >= 4 is 0 Å². The van der Waals surface area contributed by atoms with Gasteiger partial charge in [-0.1, -0.05) is 19.4 Å². The second-order valence-electron chi connectivity index (χ2n) is 4.94. The Hall–Kier alpha value is -0.260. The monoisotopic (exact) mass is 178 g/mol. The Kier molecular flexibility index (Phi) is 2.76. The molecule has 2 saturated carbocycles. The first-order valence-electron chi connectivity index (χ1n) is 5.97. The van der Waals surface area contributed by atoms with E-state index in [1.165, 1.54) is 32.1 Å². The van der Waals surface area contributed by atoms with Crippen molar-refractivity contribution < 1.29 is 0 Å². The molecule has 2 bridgehead atoms. The molecule has 0 nitrogen and oxygen atoms in total. The van der Waals surface area contributed by atoms with Crippen molar-refractivity contribution in [2.75, 3.05) is 0 Å². The minimum absolute atomic E-state index is 1.06. The summed E-state index contributed by atoms with van der Waals surface area (Å²) < 4.78 is 0. The maximum absolute atomic E-state index is 3.83. The molecule has 0 unspecified atom stereocenters. The molecular formula is C13H22. The molecule has 0 heterocycles. The van der Waals surface area contributed by atoms with Crippen molar-refractivity contribution in [2.24, 2.45) is 23.7 Å². The molecular weight excluding hydrogens is 156 g/mol. The van der Waals surface area contributed by atoms with Crippen molar-refractivity contribution in [3.63, 3.8) is 0 Å². The fraction of sp³-hybridized carbons (Fsp3) is 0.846. The van der Waals surface area contributed by atoms with Crippen molar-refractivity contribution in [3.8, 4) is 0 Å². The molecule has 0 aromatic heterocycles. The van der Waals surface area contributed by atoms with Gasteiger partial charge in [-0.2, -0.15) is 0 Å². The summed E-state index contributed by atoms with van der Waals surface area (Å²) in [6.07, 6.45) is 10.8. The molecule has 0 spiro atoms. The van der Waals surface area contributed by atoms with Crippen LogP contribution in [0.3, 0.4) is 0 Å². The Morgan fingerprint density at radius 2 is 1.92 bits per heavy atom. The molecule has 0 heteroatoms. The third-order valence-corrected chi connectivity index (χ3v) is 4.45. The van der Waals surface area contributed by atoms with Gasteiger partial charge >= 0.3 is 0 Å².